The number of anilines is 1. The van der Waals surface area contributed by atoms with E-state index in [1.54, 1.807) is 6.20 Å². The predicted octanol–water partition coefficient (Wildman–Crippen LogP) is 3.93. The molecule has 0 radical (unpaired) electrons. The van der Waals surface area contributed by atoms with Gasteiger partial charge in [-0.3, -0.25) is 5.32 Å². The van der Waals surface area contributed by atoms with Crippen LogP contribution in [0.15, 0.2) is 18.3 Å². The van der Waals surface area contributed by atoms with Crippen LogP contribution in [0.25, 0.3) is 0 Å². The second-order valence-corrected chi connectivity index (χ2v) is 10.4. The standard InChI is InChI=1S/C18H29N3O3S/c1-17(2,3)24-16(22)20-14-11-13(9-10-19-14)15(12-7-8-12)21-25(23)18(4,5)6/h9-12,15,21H,7-8H2,1-6H3,(H,19,20,22)/t15?,25-/m1/s1. The molecule has 2 N–H and O–H groups in total. The van der Waals surface area contributed by atoms with Gasteiger partial charge in [-0.1, -0.05) is 0 Å². The summed E-state index contributed by atoms with van der Waals surface area (Å²) in [7, 11) is 0. The van der Waals surface area contributed by atoms with E-state index in [0.29, 0.717) is 11.7 Å². The Hall–Kier alpha value is -1.31. The van der Waals surface area contributed by atoms with Crippen LogP contribution in [0.5, 0.6) is 0 Å². The van der Waals surface area contributed by atoms with Crippen molar-refractivity contribution in [1.29, 1.82) is 0 Å². The van der Waals surface area contributed by atoms with Crippen molar-refractivity contribution in [3.8, 4) is 0 Å². The van der Waals surface area contributed by atoms with E-state index in [0.717, 1.165) is 18.4 Å². The summed E-state index contributed by atoms with van der Waals surface area (Å²) in [5.41, 5.74) is 0.407. The molecule has 1 heterocycles. The Morgan fingerprint density at radius 3 is 2.48 bits per heavy atom. The molecule has 1 aliphatic carbocycles. The van der Waals surface area contributed by atoms with Crippen LogP contribution in [0.3, 0.4) is 0 Å². The van der Waals surface area contributed by atoms with Crippen molar-refractivity contribution in [3.63, 3.8) is 0 Å². The Bertz CT molecular complexity index is 606. The number of nitrogens with zero attached hydrogens (tertiary/aromatic N) is 1. The maximum absolute atomic E-state index is 12.5. The third kappa shape index (κ3) is 6.49. The van der Waals surface area contributed by atoms with E-state index in [9.17, 15) is 9.35 Å². The van der Waals surface area contributed by atoms with Crippen LogP contribution in [-0.2, 0) is 16.1 Å². The predicted molar refractivity (Wildman–Crippen MR) is 101 cm³/mol. The van der Waals surface area contributed by atoms with Gasteiger partial charge in [-0.05, 0) is 78.0 Å². The molecule has 140 valence electrons. The normalized spacial score (nSPS) is 17.7. The number of nitrogens with one attached hydrogen (secondary N) is 2. The second-order valence-electron chi connectivity index (χ2n) is 8.42. The molecular formula is C18H29N3O3S. The molecule has 2 rings (SSSR count). The van der Waals surface area contributed by atoms with Crippen LogP contribution in [0.4, 0.5) is 10.6 Å². The molecule has 0 spiro atoms. The highest BCUT2D eigenvalue weighted by Crippen LogP contribution is 2.42. The van der Waals surface area contributed by atoms with Gasteiger partial charge in [0.2, 0.25) is 0 Å². The maximum atomic E-state index is 12.5. The highest BCUT2D eigenvalue weighted by Gasteiger charge is 2.38. The number of hydrogen-bond acceptors (Lipinski definition) is 5. The van der Waals surface area contributed by atoms with E-state index in [1.165, 1.54) is 0 Å². The molecule has 25 heavy (non-hydrogen) atoms. The Kier molecular flexibility index (Phi) is 6.01. The first-order valence-corrected chi connectivity index (χ1v) is 9.75. The van der Waals surface area contributed by atoms with Gasteiger partial charge in [-0.2, -0.15) is 0 Å². The van der Waals surface area contributed by atoms with E-state index >= 15 is 0 Å². The summed E-state index contributed by atoms with van der Waals surface area (Å²) in [4.78, 5) is 16.1. The number of carbonyl (C=O) groups excluding carboxylic acids is 1. The van der Waals surface area contributed by atoms with Gasteiger partial charge >= 0.3 is 6.09 Å². The van der Waals surface area contributed by atoms with Crippen molar-refractivity contribution in [1.82, 2.24) is 9.71 Å². The maximum Gasteiger partial charge on any atom is 0.413 e. The zero-order valence-corrected chi connectivity index (χ0v) is 16.7. The van der Waals surface area contributed by atoms with Crippen molar-refractivity contribution in [2.75, 3.05) is 5.32 Å². The van der Waals surface area contributed by atoms with E-state index in [1.807, 2.05) is 53.7 Å². The van der Waals surface area contributed by atoms with Gasteiger partial charge in [-0.25, -0.2) is 9.78 Å². The molecule has 1 saturated carbocycles. The summed E-state index contributed by atoms with van der Waals surface area (Å²) >= 11 is -1.16. The van der Waals surface area contributed by atoms with E-state index in [4.69, 9.17) is 4.74 Å². The highest BCUT2D eigenvalue weighted by atomic mass is 32.2. The molecule has 1 fully saturated rings. The molecule has 0 bridgehead atoms. The van der Waals surface area contributed by atoms with Crippen LogP contribution in [0.1, 0.15) is 66.0 Å². The van der Waals surface area contributed by atoms with Crippen molar-refractivity contribution >= 4 is 23.3 Å². The molecule has 7 heteroatoms. The average molecular weight is 368 g/mol. The summed E-state index contributed by atoms with van der Waals surface area (Å²) in [5, 5.41) is 2.66. The van der Waals surface area contributed by atoms with Crippen molar-refractivity contribution in [2.24, 2.45) is 5.92 Å². The lowest BCUT2D eigenvalue weighted by molar-refractivity contribution is 0.0635. The summed E-state index contributed by atoms with van der Waals surface area (Å²) in [5.74, 6) is 0.892. The Morgan fingerprint density at radius 2 is 1.96 bits per heavy atom. The highest BCUT2D eigenvalue weighted by molar-refractivity contribution is 7.90. The van der Waals surface area contributed by atoms with Gasteiger partial charge in [-0.15, -0.1) is 4.72 Å². The molecule has 1 unspecified atom stereocenters. The fourth-order valence-electron chi connectivity index (χ4n) is 2.27. The lowest BCUT2D eigenvalue weighted by atomic mass is 10.1. The van der Waals surface area contributed by atoms with E-state index < -0.39 is 23.1 Å². The monoisotopic (exact) mass is 367 g/mol. The molecule has 0 aromatic carbocycles. The summed E-state index contributed by atoms with van der Waals surface area (Å²) < 4.78 is 20.7. The lowest BCUT2D eigenvalue weighted by Gasteiger charge is -2.28. The minimum atomic E-state index is -1.16. The van der Waals surface area contributed by atoms with Gasteiger partial charge in [0.25, 0.3) is 0 Å². The van der Waals surface area contributed by atoms with Crippen LogP contribution in [0.2, 0.25) is 0 Å². The van der Waals surface area contributed by atoms with Crippen molar-refractivity contribution < 1.29 is 14.1 Å². The van der Waals surface area contributed by atoms with Crippen LogP contribution >= 0.6 is 0 Å². The number of carbonyl (C=O) groups is 1. The fourth-order valence-corrected chi connectivity index (χ4v) is 3.19. The third-order valence-corrected chi connectivity index (χ3v) is 5.24. The van der Waals surface area contributed by atoms with Crippen molar-refractivity contribution in [3.05, 3.63) is 23.9 Å². The number of aromatic nitrogens is 1. The topological polar surface area (TPSA) is 86.3 Å². The zero-order chi connectivity index (χ0) is 18.8. The first kappa shape index (κ1) is 20.0. The van der Waals surface area contributed by atoms with Crippen molar-refractivity contribution in [2.45, 2.75) is 70.8 Å². The summed E-state index contributed by atoms with van der Waals surface area (Å²) in [6.07, 6.45) is 3.33. The quantitative estimate of drug-likeness (QED) is 0.770. The Labute approximate surface area is 153 Å². The first-order valence-electron chi connectivity index (χ1n) is 8.60. The molecule has 1 aliphatic rings. The van der Waals surface area contributed by atoms with Gasteiger partial charge in [0.05, 0.1) is 6.04 Å². The Balaban J connectivity index is 2.11. The number of rotatable bonds is 5. The third-order valence-electron chi connectivity index (χ3n) is 3.66. The minimum Gasteiger partial charge on any atom is -0.598 e. The first-order chi connectivity index (χ1) is 11.5. The van der Waals surface area contributed by atoms with Gasteiger partial charge in [0, 0.05) is 17.6 Å². The SMILES string of the molecule is CC(C)(C)OC(=O)Nc1cc(C(N[S@+]([O-])C(C)(C)C)C2CC2)ccn1. The largest absolute Gasteiger partial charge is 0.598 e. The van der Waals surface area contributed by atoms with Gasteiger partial charge in [0.1, 0.15) is 16.2 Å². The molecule has 0 saturated heterocycles. The smallest absolute Gasteiger partial charge is 0.413 e. The number of ether oxygens (including phenoxy) is 1. The molecule has 1 amide bonds. The van der Waals surface area contributed by atoms with E-state index in [-0.39, 0.29) is 10.8 Å². The number of hydrogen-bond donors (Lipinski definition) is 2. The van der Waals surface area contributed by atoms with E-state index in [2.05, 4.69) is 15.0 Å². The summed E-state index contributed by atoms with van der Waals surface area (Å²) in [6, 6.07) is 3.71. The second kappa shape index (κ2) is 7.51. The van der Waals surface area contributed by atoms with Gasteiger partial charge < -0.3 is 9.29 Å². The number of pyridine rings is 1. The molecular weight excluding hydrogens is 338 g/mol. The molecule has 6 nitrogen and oxygen atoms in total. The van der Waals surface area contributed by atoms with Crippen LogP contribution in [-0.4, -0.2) is 26.0 Å². The molecule has 0 aliphatic heterocycles. The molecule has 1 aromatic heterocycles. The minimum absolute atomic E-state index is 0.0118. The molecule has 2 atom stereocenters. The number of amides is 1. The zero-order valence-electron chi connectivity index (χ0n) is 15.9. The Morgan fingerprint density at radius 1 is 1.32 bits per heavy atom. The van der Waals surface area contributed by atoms with Crippen LogP contribution in [0, 0.1) is 5.92 Å². The summed E-state index contributed by atoms with van der Waals surface area (Å²) in [6.45, 7) is 11.3. The lowest BCUT2D eigenvalue weighted by Crippen LogP contribution is -2.41. The van der Waals surface area contributed by atoms with Gasteiger partial charge in [0.15, 0.2) is 0 Å². The average Bonchev–Trinajstić information content (AvgIpc) is 3.25. The molecule has 1 aromatic rings. The fraction of sp³-hybridized carbons (Fsp3) is 0.667. The van der Waals surface area contributed by atoms with Crippen LogP contribution < -0.4 is 10.0 Å².